The van der Waals surface area contributed by atoms with Gasteiger partial charge in [0.15, 0.2) is 0 Å². The highest BCUT2D eigenvalue weighted by Gasteiger charge is 2.15. The number of hydrogen-bond donors (Lipinski definition) is 3. The number of hydrogen-bond acceptors (Lipinski definition) is 4. The van der Waals surface area contributed by atoms with Gasteiger partial charge in [0, 0.05) is 13.2 Å². The van der Waals surface area contributed by atoms with Crippen LogP contribution < -0.4 is 11.1 Å². The highest BCUT2D eigenvalue weighted by Crippen LogP contribution is 2.23. The lowest BCUT2D eigenvalue weighted by atomic mass is 10.1. The second-order valence-electron chi connectivity index (χ2n) is 4.42. The standard InChI is InChI=1S/C13H18N2O3/c14-12-10(13(16)17)4-1-5-11(12)15-7-6-9-3-2-8-18-9/h1,4-5,9,15H,2-3,6-8,14H2,(H,16,17). The second kappa shape index (κ2) is 5.73. The van der Waals surface area contributed by atoms with Gasteiger partial charge in [-0.1, -0.05) is 6.07 Å². The lowest BCUT2D eigenvalue weighted by Gasteiger charge is -2.13. The van der Waals surface area contributed by atoms with Crippen molar-refractivity contribution in [3.8, 4) is 0 Å². The van der Waals surface area contributed by atoms with E-state index in [1.165, 1.54) is 6.07 Å². The maximum atomic E-state index is 10.9. The number of ether oxygens (including phenoxy) is 1. The van der Waals surface area contributed by atoms with Gasteiger partial charge in [-0.05, 0) is 31.4 Å². The van der Waals surface area contributed by atoms with E-state index in [0.717, 1.165) is 32.4 Å². The zero-order chi connectivity index (χ0) is 13.0. The van der Waals surface area contributed by atoms with Gasteiger partial charge in [-0.3, -0.25) is 0 Å². The van der Waals surface area contributed by atoms with Crippen molar-refractivity contribution in [2.75, 3.05) is 24.2 Å². The number of carboxylic acid groups (broad SMARTS) is 1. The van der Waals surface area contributed by atoms with Crippen LogP contribution in [0, 0.1) is 0 Å². The van der Waals surface area contributed by atoms with Gasteiger partial charge >= 0.3 is 5.97 Å². The first-order valence-electron chi connectivity index (χ1n) is 6.15. The molecule has 0 aromatic heterocycles. The van der Waals surface area contributed by atoms with Crippen molar-refractivity contribution >= 4 is 17.3 Å². The number of nitrogen functional groups attached to an aromatic ring is 1. The fourth-order valence-corrected chi connectivity index (χ4v) is 2.15. The summed E-state index contributed by atoms with van der Waals surface area (Å²) in [7, 11) is 0. The van der Waals surface area contributed by atoms with E-state index in [0.29, 0.717) is 11.8 Å². The molecule has 1 aromatic carbocycles. The number of carbonyl (C=O) groups is 1. The third kappa shape index (κ3) is 2.92. The summed E-state index contributed by atoms with van der Waals surface area (Å²) in [5.74, 6) is -1.00. The first-order chi connectivity index (χ1) is 8.68. The average Bonchev–Trinajstić information content (AvgIpc) is 2.84. The maximum absolute atomic E-state index is 10.9. The number of anilines is 2. The number of rotatable bonds is 5. The molecule has 1 aromatic rings. The summed E-state index contributed by atoms with van der Waals surface area (Å²) in [6.45, 7) is 1.58. The van der Waals surface area contributed by atoms with E-state index < -0.39 is 5.97 Å². The fourth-order valence-electron chi connectivity index (χ4n) is 2.15. The summed E-state index contributed by atoms with van der Waals surface area (Å²) in [5.41, 5.74) is 6.90. The molecule has 4 N–H and O–H groups in total. The minimum absolute atomic E-state index is 0.136. The number of aromatic carboxylic acids is 1. The Hall–Kier alpha value is -1.75. The lowest BCUT2D eigenvalue weighted by Crippen LogP contribution is -2.14. The molecule has 5 nitrogen and oxygen atoms in total. The molecule has 98 valence electrons. The molecule has 0 amide bonds. The van der Waals surface area contributed by atoms with Gasteiger partial charge in [0.25, 0.3) is 0 Å². The van der Waals surface area contributed by atoms with E-state index in [2.05, 4.69) is 5.32 Å². The number of carboxylic acids is 1. The number of nitrogens with two attached hydrogens (primary N) is 1. The quantitative estimate of drug-likeness (QED) is 0.695. The summed E-state index contributed by atoms with van der Waals surface area (Å²) in [6.07, 6.45) is 3.46. The largest absolute Gasteiger partial charge is 0.478 e. The topological polar surface area (TPSA) is 84.6 Å². The molecule has 0 radical (unpaired) electrons. The molecule has 0 saturated carbocycles. The Balaban J connectivity index is 1.92. The van der Waals surface area contributed by atoms with Crippen molar-refractivity contribution in [1.29, 1.82) is 0 Å². The Labute approximate surface area is 106 Å². The van der Waals surface area contributed by atoms with Crippen molar-refractivity contribution in [3.05, 3.63) is 23.8 Å². The SMILES string of the molecule is Nc1c(NCCC2CCCO2)cccc1C(=O)O. The first kappa shape index (κ1) is 12.7. The summed E-state index contributed by atoms with van der Waals surface area (Å²) < 4.78 is 5.52. The molecule has 1 unspecified atom stereocenters. The van der Waals surface area contributed by atoms with Crippen molar-refractivity contribution in [3.63, 3.8) is 0 Å². The third-order valence-corrected chi connectivity index (χ3v) is 3.14. The van der Waals surface area contributed by atoms with Crippen LogP contribution in [0.25, 0.3) is 0 Å². The third-order valence-electron chi connectivity index (χ3n) is 3.14. The monoisotopic (exact) mass is 250 g/mol. The van der Waals surface area contributed by atoms with Gasteiger partial charge in [-0.25, -0.2) is 4.79 Å². The smallest absolute Gasteiger partial charge is 0.337 e. The van der Waals surface area contributed by atoms with E-state index in [1.807, 2.05) is 0 Å². The zero-order valence-corrected chi connectivity index (χ0v) is 10.2. The molecule has 1 saturated heterocycles. The Morgan fingerprint density at radius 1 is 1.56 bits per heavy atom. The zero-order valence-electron chi connectivity index (χ0n) is 10.2. The van der Waals surface area contributed by atoms with Crippen LogP contribution in [0.4, 0.5) is 11.4 Å². The molecular formula is C13H18N2O3. The summed E-state index contributed by atoms with van der Waals surface area (Å²) in [6, 6.07) is 4.98. The maximum Gasteiger partial charge on any atom is 0.337 e. The molecule has 1 aliphatic heterocycles. The Bertz CT molecular complexity index is 428. The normalized spacial score (nSPS) is 18.8. The number of benzene rings is 1. The van der Waals surface area contributed by atoms with E-state index in [9.17, 15) is 4.79 Å². The lowest BCUT2D eigenvalue weighted by molar-refractivity contribution is 0.0698. The van der Waals surface area contributed by atoms with E-state index in [-0.39, 0.29) is 11.3 Å². The molecular weight excluding hydrogens is 232 g/mol. The molecule has 1 heterocycles. The summed E-state index contributed by atoms with van der Waals surface area (Å²) in [4.78, 5) is 10.9. The van der Waals surface area contributed by atoms with Crippen LogP contribution >= 0.6 is 0 Å². The van der Waals surface area contributed by atoms with Gasteiger partial charge in [-0.2, -0.15) is 0 Å². The van der Waals surface area contributed by atoms with Crippen LogP contribution in [-0.4, -0.2) is 30.3 Å². The predicted octanol–water partition coefficient (Wildman–Crippen LogP) is 1.95. The fraction of sp³-hybridized carbons (Fsp3) is 0.462. The summed E-state index contributed by atoms with van der Waals surface area (Å²) in [5, 5.41) is 12.1. The molecule has 2 rings (SSSR count). The predicted molar refractivity (Wildman–Crippen MR) is 69.9 cm³/mol. The average molecular weight is 250 g/mol. The molecule has 1 fully saturated rings. The van der Waals surface area contributed by atoms with E-state index in [4.69, 9.17) is 15.6 Å². The van der Waals surface area contributed by atoms with Crippen molar-refractivity contribution < 1.29 is 14.6 Å². The van der Waals surface area contributed by atoms with Gasteiger partial charge in [-0.15, -0.1) is 0 Å². The highest BCUT2D eigenvalue weighted by molar-refractivity contribution is 5.97. The van der Waals surface area contributed by atoms with Gasteiger partial charge in [0.1, 0.15) is 0 Å². The Morgan fingerprint density at radius 3 is 3.06 bits per heavy atom. The van der Waals surface area contributed by atoms with Crippen molar-refractivity contribution in [1.82, 2.24) is 0 Å². The minimum Gasteiger partial charge on any atom is -0.478 e. The van der Waals surface area contributed by atoms with Crippen LogP contribution in [0.2, 0.25) is 0 Å². The molecule has 0 spiro atoms. The van der Waals surface area contributed by atoms with E-state index >= 15 is 0 Å². The van der Waals surface area contributed by atoms with Gasteiger partial charge in [0.05, 0.1) is 23.0 Å². The number of para-hydroxylation sites is 1. The van der Waals surface area contributed by atoms with Crippen LogP contribution in [0.15, 0.2) is 18.2 Å². The van der Waals surface area contributed by atoms with Gasteiger partial charge < -0.3 is 20.9 Å². The van der Waals surface area contributed by atoms with Crippen molar-refractivity contribution in [2.45, 2.75) is 25.4 Å². The molecule has 18 heavy (non-hydrogen) atoms. The number of nitrogens with one attached hydrogen (secondary N) is 1. The van der Waals surface area contributed by atoms with Crippen molar-refractivity contribution in [2.24, 2.45) is 0 Å². The minimum atomic E-state index is -1.00. The molecule has 0 aliphatic carbocycles. The first-order valence-corrected chi connectivity index (χ1v) is 6.15. The molecule has 1 atom stereocenters. The summed E-state index contributed by atoms with van der Waals surface area (Å²) >= 11 is 0. The molecule has 0 bridgehead atoms. The van der Waals surface area contributed by atoms with Crippen LogP contribution in [0.3, 0.4) is 0 Å². The molecule has 5 heteroatoms. The van der Waals surface area contributed by atoms with Gasteiger partial charge in [0.2, 0.25) is 0 Å². The second-order valence-corrected chi connectivity index (χ2v) is 4.42. The van der Waals surface area contributed by atoms with Crippen LogP contribution in [0.1, 0.15) is 29.6 Å². The van der Waals surface area contributed by atoms with Crippen LogP contribution in [0.5, 0.6) is 0 Å². The van der Waals surface area contributed by atoms with E-state index in [1.54, 1.807) is 12.1 Å². The Kier molecular flexibility index (Phi) is 4.04. The van der Waals surface area contributed by atoms with Crippen LogP contribution in [-0.2, 0) is 4.74 Å². The highest BCUT2D eigenvalue weighted by atomic mass is 16.5. The molecule has 1 aliphatic rings. The Morgan fingerprint density at radius 2 is 2.39 bits per heavy atom.